The Morgan fingerprint density at radius 3 is 2.52 bits per heavy atom. The maximum atomic E-state index is 11.4. The molecule has 0 bridgehead atoms. The van der Waals surface area contributed by atoms with Gasteiger partial charge in [-0.1, -0.05) is 24.3 Å². The van der Waals surface area contributed by atoms with Crippen molar-refractivity contribution in [2.24, 2.45) is 5.73 Å². The summed E-state index contributed by atoms with van der Waals surface area (Å²) < 4.78 is 1.36. The number of carboxylic acids is 1. The number of carboxylic acid groups (broad SMARTS) is 1. The minimum atomic E-state index is -0.973. The van der Waals surface area contributed by atoms with Gasteiger partial charge in [0.25, 0.3) is 0 Å². The van der Waals surface area contributed by atoms with Crippen LogP contribution in [0, 0.1) is 0 Å². The van der Waals surface area contributed by atoms with Crippen LogP contribution in [0.3, 0.4) is 0 Å². The molecule has 3 rings (SSSR count). The largest absolute Gasteiger partial charge is 0.478 e. The first-order valence-electron chi connectivity index (χ1n) is 6.31. The highest BCUT2D eigenvalue weighted by Gasteiger charge is 2.11. The third-order valence-electron chi connectivity index (χ3n) is 3.39. The van der Waals surface area contributed by atoms with Crippen LogP contribution in [0.25, 0.3) is 22.0 Å². The van der Waals surface area contributed by atoms with Crippen molar-refractivity contribution in [3.05, 3.63) is 60.3 Å². The van der Waals surface area contributed by atoms with E-state index in [0.717, 1.165) is 16.5 Å². The van der Waals surface area contributed by atoms with Gasteiger partial charge in [-0.15, -0.1) is 0 Å². The fourth-order valence-electron chi connectivity index (χ4n) is 2.43. The van der Waals surface area contributed by atoms with Gasteiger partial charge >= 0.3 is 12.0 Å². The number of aromatic nitrogens is 1. The Hall–Kier alpha value is -3.08. The molecule has 1 aromatic heterocycles. The van der Waals surface area contributed by atoms with Crippen molar-refractivity contribution in [1.29, 1.82) is 0 Å². The molecule has 1 heterocycles. The normalized spacial score (nSPS) is 10.7. The molecule has 1 amide bonds. The van der Waals surface area contributed by atoms with Crippen molar-refractivity contribution in [3.63, 3.8) is 0 Å². The summed E-state index contributed by atoms with van der Waals surface area (Å²) in [6.45, 7) is 0. The number of hydrogen-bond donors (Lipinski definition) is 2. The molecule has 0 aliphatic carbocycles. The molecular formula is C16H12N2O3. The number of nitrogens with two attached hydrogens (primary N) is 1. The van der Waals surface area contributed by atoms with E-state index in [1.807, 2.05) is 18.2 Å². The van der Waals surface area contributed by atoms with E-state index < -0.39 is 12.0 Å². The minimum Gasteiger partial charge on any atom is -0.478 e. The summed E-state index contributed by atoms with van der Waals surface area (Å²) in [7, 11) is 0. The van der Waals surface area contributed by atoms with Crippen molar-refractivity contribution in [1.82, 2.24) is 4.57 Å². The maximum absolute atomic E-state index is 11.4. The van der Waals surface area contributed by atoms with Crippen LogP contribution >= 0.6 is 0 Å². The Morgan fingerprint density at radius 1 is 1.05 bits per heavy atom. The van der Waals surface area contributed by atoms with Crippen molar-refractivity contribution in [2.45, 2.75) is 0 Å². The van der Waals surface area contributed by atoms with Gasteiger partial charge in [0.15, 0.2) is 0 Å². The van der Waals surface area contributed by atoms with E-state index in [0.29, 0.717) is 5.52 Å². The first-order chi connectivity index (χ1) is 10.1. The van der Waals surface area contributed by atoms with E-state index >= 15 is 0 Å². The van der Waals surface area contributed by atoms with Gasteiger partial charge in [0.2, 0.25) is 0 Å². The van der Waals surface area contributed by atoms with Crippen LogP contribution in [0.4, 0.5) is 4.79 Å². The van der Waals surface area contributed by atoms with Crippen molar-refractivity contribution >= 4 is 22.9 Å². The van der Waals surface area contributed by atoms with Crippen LogP contribution in [0.5, 0.6) is 0 Å². The van der Waals surface area contributed by atoms with Gasteiger partial charge in [-0.05, 0) is 35.4 Å². The summed E-state index contributed by atoms with van der Waals surface area (Å²) in [5.74, 6) is -0.973. The summed E-state index contributed by atoms with van der Waals surface area (Å²) in [6.07, 6.45) is 1.61. The zero-order valence-corrected chi connectivity index (χ0v) is 11.0. The number of aromatic carboxylic acids is 1. The molecule has 0 spiro atoms. The van der Waals surface area contributed by atoms with Crippen molar-refractivity contribution in [3.8, 4) is 11.1 Å². The van der Waals surface area contributed by atoms with Crippen LogP contribution in [0.1, 0.15) is 10.4 Å². The number of carbonyl (C=O) groups excluding carboxylic acids is 1. The highest BCUT2D eigenvalue weighted by Crippen LogP contribution is 2.29. The zero-order valence-electron chi connectivity index (χ0n) is 11.0. The second kappa shape index (κ2) is 4.79. The lowest BCUT2D eigenvalue weighted by molar-refractivity contribution is 0.0697. The molecule has 0 aliphatic rings. The number of primary amides is 1. The molecule has 3 N–H and O–H groups in total. The number of benzene rings is 2. The molecule has 0 radical (unpaired) electrons. The number of carbonyl (C=O) groups is 2. The number of nitrogens with zero attached hydrogens (tertiary/aromatic N) is 1. The molecular weight excluding hydrogens is 268 g/mol. The SMILES string of the molecule is NC(=O)n1ccc2c(-c3cccc(C(=O)O)c3)cccc21. The molecule has 0 fully saturated rings. The highest BCUT2D eigenvalue weighted by atomic mass is 16.4. The molecule has 0 saturated heterocycles. The molecule has 3 aromatic rings. The topological polar surface area (TPSA) is 85.3 Å². The number of rotatable bonds is 2. The molecule has 5 heteroatoms. The van der Waals surface area contributed by atoms with Gasteiger partial charge in [0.1, 0.15) is 0 Å². The molecule has 2 aromatic carbocycles. The Balaban J connectivity index is 2.23. The number of fused-ring (bicyclic) bond motifs is 1. The standard InChI is InChI=1S/C16H12N2O3/c17-16(21)18-8-7-13-12(5-2-6-14(13)18)10-3-1-4-11(9-10)15(19)20/h1-9H,(H2,17,21)(H,19,20). The van der Waals surface area contributed by atoms with Crippen LogP contribution in [-0.2, 0) is 0 Å². The van der Waals surface area contributed by atoms with E-state index in [1.165, 1.54) is 4.57 Å². The smallest absolute Gasteiger partial charge is 0.335 e. The second-order valence-electron chi connectivity index (χ2n) is 4.65. The van der Waals surface area contributed by atoms with Gasteiger partial charge in [-0.3, -0.25) is 4.57 Å². The second-order valence-corrected chi connectivity index (χ2v) is 4.65. The monoisotopic (exact) mass is 280 g/mol. The summed E-state index contributed by atoms with van der Waals surface area (Å²) in [5.41, 5.74) is 7.88. The molecule has 21 heavy (non-hydrogen) atoms. The molecule has 0 aliphatic heterocycles. The molecule has 0 atom stereocenters. The first kappa shape index (κ1) is 12.9. The van der Waals surface area contributed by atoms with Crippen molar-refractivity contribution in [2.75, 3.05) is 0 Å². The van der Waals surface area contributed by atoms with Crippen LogP contribution in [0.15, 0.2) is 54.7 Å². The third-order valence-corrected chi connectivity index (χ3v) is 3.39. The Morgan fingerprint density at radius 2 is 1.81 bits per heavy atom. The van der Waals surface area contributed by atoms with Gasteiger partial charge in [-0.2, -0.15) is 0 Å². The van der Waals surface area contributed by atoms with Gasteiger partial charge in [0, 0.05) is 11.6 Å². The van der Waals surface area contributed by atoms with E-state index in [9.17, 15) is 9.59 Å². The van der Waals surface area contributed by atoms with E-state index in [2.05, 4.69) is 0 Å². The Labute approximate surface area is 120 Å². The Kier molecular flexibility index (Phi) is 2.95. The summed E-state index contributed by atoms with van der Waals surface area (Å²) in [4.78, 5) is 22.5. The molecule has 104 valence electrons. The van der Waals surface area contributed by atoms with Gasteiger partial charge in [-0.25, -0.2) is 9.59 Å². The molecule has 5 nitrogen and oxygen atoms in total. The van der Waals surface area contributed by atoms with Crippen molar-refractivity contribution < 1.29 is 14.7 Å². The van der Waals surface area contributed by atoms with Gasteiger partial charge in [0.05, 0.1) is 11.1 Å². The lowest BCUT2D eigenvalue weighted by atomic mass is 10.00. The summed E-state index contributed by atoms with van der Waals surface area (Å²) in [5, 5.41) is 9.93. The highest BCUT2D eigenvalue weighted by molar-refractivity contribution is 6.00. The Bertz CT molecular complexity index is 865. The molecule has 0 saturated carbocycles. The van der Waals surface area contributed by atoms with E-state index in [-0.39, 0.29) is 5.56 Å². The average Bonchev–Trinajstić information content (AvgIpc) is 2.91. The van der Waals surface area contributed by atoms with Crippen LogP contribution in [-0.4, -0.2) is 21.7 Å². The number of hydrogen-bond acceptors (Lipinski definition) is 2. The predicted molar refractivity (Wildman–Crippen MR) is 79.3 cm³/mol. The van der Waals surface area contributed by atoms with E-state index in [4.69, 9.17) is 10.8 Å². The lowest BCUT2D eigenvalue weighted by Crippen LogP contribution is -2.17. The maximum Gasteiger partial charge on any atom is 0.335 e. The first-order valence-corrected chi connectivity index (χ1v) is 6.31. The average molecular weight is 280 g/mol. The third kappa shape index (κ3) is 2.14. The fourth-order valence-corrected chi connectivity index (χ4v) is 2.43. The fraction of sp³-hybridized carbons (Fsp3) is 0. The van der Waals surface area contributed by atoms with E-state index in [1.54, 1.807) is 36.5 Å². The molecule has 0 unspecified atom stereocenters. The van der Waals surface area contributed by atoms with Crippen LogP contribution < -0.4 is 5.73 Å². The zero-order chi connectivity index (χ0) is 15.0. The van der Waals surface area contributed by atoms with Crippen LogP contribution in [0.2, 0.25) is 0 Å². The van der Waals surface area contributed by atoms with Gasteiger partial charge < -0.3 is 10.8 Å². The lowest BCUT2D eigenvalue weighted by Gasteiger charge is -2.06. The number of amides is 1. The minimum absolute atomic E-state index is 0.221. The predicted octanol–water partition coefficient (Wildman–Crippen LogP) is 2.93. The quantitative estimate of drug-likeness (QED) is 0.756. The summed E-state index contributed by atoms with van der Waals surface area (Å²) >= 11 is 0. The summed E-state index contributed by atoms with van der Waals surface area (Å²) in [6, 6.07) is 13.4.